The zero-order valence-corrected chi connectivity index (χ0v) is 19.8. The summed E-state index contributed by atoms with van der Waals surface area (Å²) in [6.07, 6.45) is 1.74. The highest BCUT2D eigenvalue weighted by Gasteiger charge is 2.16. The molecule has 0 unspecified atom stereocenters. The molecule has 0 fully saturated rings. The molecule has 8 nitrogen and oxygen atoms in total. The molecule has 170 valence electrons. The third-order valence-electron chi connectivity index (χ3n) is 5.14. The van der Waals surface area contributed by atoms with E-state index in [4.69, 9.17) is 5.14 Å². The van der Waals surface area contributed by atoms with E-state index in [2.05, 4.69) is 10.3 Å². The van der Waals surface area contributed by atoms with Gasteiger partial charge >= 0.3 is 0 Å². The molecule has 1 amide bonds. The Morgan fingerprint density at radius 2 is 1.94 bits per heavy atom. The minimum absolute atomic E-state index is 0.00892. The molecule has 0 saturated carbocycles. The smallest absolute Gasteiger partial charge is 0.262 e. The maximum absolute atomic E-state index is 12.9. The summed E-state index contributed by atoms with van der Waals surface area (Å²) < 4.78 is 25.1. The van der Waals surface area contributed by atoms with Gasteiger partial charge in [-0.3, -0.25) is 14.2 Å². The summed E-state index contributed by atoms with van der Waals surface area (Å²) in [6, 6.07) is 9.96. The van der Waals surface area contributed by atoms with Crippen LogP contribution in [0.4, 0.5) is 5.69 Å². The van der Waals surface area contributed by atoms with Crippen molar-refractivity contribution in [1.29, 1.82) is 0 Å². The third kappa shape index (κ3) is 5.37. The number of carbonyl (C=O) groups is 1. The first kappa shape index (κ1) is 24.0. The van der Waals surface area contributed by atoms with Gasteiger partial charge in [0.05, 0.1) is 21.6 Å². The molecule has 3 rings (SSSR count). The normalized spacial score (nSPS) is 11.6. The number of hydrogen-bond donors (Lipinski definition) is 2. The van der Waals surface area contributed by atoms with Crippen LogP contribution < -0.4 is 16.0 Å². The number of carbonyl (C=O) groups excluding carboxylic acids is 1. The molecule has 0 spiro atoms. The number of sulfonamides is 1. The summed E-state index contributed by atoms with van der Waals surface area (Å²) in [5, 5.41) is 9.01. The first-order valence-corrected chi connectivity index (χ1v) is 12.7. The van der Waals surface area contributed by atoms with Crippen molar-refractivity contribution in [1.82, 2.24) is 9.55 Å². The van der Waals surface area contributed by atoms with Gasteiger partial charge in [-0.05, 0) is 55.7 Å². The molecule has 0 aliphatic rings. The molecule has 0 atom stereocenters. The fraction of sp³-hybridized carbons (Fsp3) is 0.318. The number of fused-ring (bicyclic) bond motifs is 1. The summed E-state index contributed by atoms with van der Waals surface area (Å²) in [5.74, 6) is -0.330. The number of amides is 1. The number of anilines is 1. The van der Waals surface area contributed by atoms with Crippen LogP contribution in [-0.2, 0) is 21.4 Å². The van der Waals surface area contributed by atoms with E-state index in [-0.39, 0.29) is 22.1 Å². The molecule has 1 heterocycles. The molecule has 32 heavy (non-hydrogen) atoms. The van der Waals surface area contributed by atoms with E-state index in [1.165, 1.54) is 23.9 Å². The SMILES string of the molecule is CCCCn1c(SCC(=O)Nc2cc(S(N)(=O)=O)cc(C)c2C)nc2ccccc2c1=O. The zero-order chi connectivity index (χ0) is 23.5. The molecule has 10 heteroatoms. The molecule has 0 saturated heterocycles. The van der Waals surface area contributed by atoms with E-state index in [0.29, 0.717) is 33.9 Å². The summed E-state index contributed by atoms with van der Waals surface area (Å²) in [7, 11) is -3.90. The second kappa shape index (κ2) is 9.85. The average molecular weight is 475 g/mol. The number of aromatic nitrogens is 2. The fourth-order valence-corrected chi connectivity index (χ4v) is 4.66. The Kier molecular flexibility index (Phi) is 7.37. The van der Waals surface area contributed by atoms with Gasteiger partial charge in [-0.15, -0.1) is 0 Å². The standard InChI is InChI=1S/C22H26N4O4S2/c1-4-5-10-26-21(28)17-8-6-7-9-18(17)25-22(26)31-13-20(27)24-19-12-16(32(23,29)30)11-14(2)15(19)3/h6-9,11-12H,4-5,10,13H2,1-3H3,(H,24,27)(H2,23,29,30). The molecule has 3 N–H and O–H groups in total. The second-order valence-corrected chi connectivity index (χ2v) is 10.0. The molecule has 2 aromatic carbocycles. The van der Waals surface area contributed by atoms with Gasteiger partial charge in [-0.2, -0.15) is 0 Å². The highest BCUT2D eigenvalue weighted by atomic mass is 32.2. The quantitative estimate of drug-likeness (QED) is 0.382. The lowest BCUT2D eigenvalue weighted by Gasteiger charge is -2.14. The lowest BCUT2D eigenvalue weighted by Crippen LogP contribution is -2.24. The number of nitrogens with two attached hydrogens (primary N) is 1. The number of benzene rings is 2. The predicted molar refractivity (Wildman–Crippen MR) is 128 cm³/mol. The van der Waals surface area contributed by atoms with Crippen molar-refractivity contribution in [2.45, 2.75) is 50.2 Å². The van der Waals surface area contributed by atoms with Crippen LogP contribution in [0.2, 0.25) is 0 Å². The van der Waals surface area contributed by atoms with Crippen LogP contribution >= 0.6 is 11.8 Å². The summed E-state index contributed by atoms with van der Waals surface area (Å²) in [6.45, 7) is 6.10. The lowest BCUT2D eigenvalue weighted by molar-refractivity contribution is -0.113. The van der Waals surface area contributed by atoms with Crippen LogP contribution in [0.3, 0.4) is 0 Å². The van der Waals surface area contributed by atoms with Crippen molar-refractivity contribution < 1.29 is 13.2 Å². The highest BCUT2D eigenvalue weighted by Crippen LogP contribution is 2.24. The molecule has 3 aromatic rings. The molecule has 0 radical (unpaired) electrons. The number of thioether (sulfide) groups is 1. The van der Waals surface area contributed by atoms with Crippen LogP contribution in [0.25, 0.3) is 10.9 Å². The number of unbranched alkanes of at least 4 members (excludes halogenated alkanes) is 1. The van der Waals surface area contributed by atoms with E-state index < -0.39 is 10.0 Å². The number of para-hydroxylation sites is 1. The summed E-state index contributed by atoms with van der Waals surface area (Å²) in [5.41, 5.74) is 2.29. The van der Waals surface area contributed by atoms with Gasteiger partial charge in [0.25, 0.3) is 5.56 Å². The number of hydrogen-bond acceptors (Lipinski definition) is 6. The first-order chi connectivity index (χ1) is 15.1. The molecule has 1 aromatic heterocycles. The zero-order valence-electron chi connectivity index (χ0n) is 18.2. The summed E-state index contributed by atoms with van der Waals surface area (Å²) in [4.78, 5) is 30.1. The molecule has 0 bridgehead atoms. The van der Waals surface area contributed by atoms with Crippen molar-refractivity contribution in [3.8, 4) is 0 Å². The van der Waals surface area contributed by atoms with Crippen LogP contribution in [0.5, 0.6) is 0 Å². The molecule has 0 aliphatic heterocycles. The van der Waals surface area contributed by atoms with Gasteiger partial charge in [0, 0.05) is 12.2 Å². The number of nitrogens with one attached hydrogen (secondary N) is 1. The Bertz CT molecular complexity index is 1330. The van der Waals surface area contributed by atoms with Crippen LogP contribution in [0.15, 0.2) is 51.2 Å². The van der Waals surface area contributed by atoms with Gasteiger partial charge in [0.15, 0.2) is 5.16 Å². The monoisotopic (exact) mass is 474 g/mol. The average Bonchev–Trinajstić information content (AvgIpc) is 2.74. The number of nitrogens with zero attached hydrogens (tertiary/aromatic N) is 2. The minimum Gasteiger partial charge on any atom is -0.325 e. The number of aryl methyl sites for hydroxylation is 1. The Morgan fingerprint density at radius 3 is 2.62 bits per heavy atom. The highest BCUT2D eigenvalue weighted by molar-refractivity contribution is 7.99. The Labute approximate surface area is 191 Å². The lowest BCUT2D eigenvalue weighted by atomic mass is 10.1. The second-order valence-electron chi connectivity index (χ2n) is 7.52. The van der Waals surface area contributed by atoms with E-state index in [1.54, 1.807) is 36.6 Å². The van der Waals surface area contributed by atoms with Crippen LogP contribution in [-0.4, -0.2) is 29.6 Å². The van der Waals surface area contributed by atoms with Gasteiger partial charge in [0.1, 0.15) is 0 Å². The number of primary sulfonamides is 1. The molecule has 0 aliphatic carbocycles. The van der Waals surface area contributed by atoms with Crippen LogP contribution in [0, 0.1) is 13.8 Å². The van der Waals surface area contributed by atoms with Crippen molar-refractivity contribution in [3.63, 3.8) is 0 Å². The molecular formula is C22H26N4O4S2. The maximum Gasteiger partial charge on any atom is 0.262 e. The minimum atomic E-state index is -3.90. The van der Waals surface area contributed by atoms with Gasteiger partial charge in [0.2, 0.25) is 15.9 Å². The first-order valence-electron chi connectivity index (χ1n) is 10.2. The van der Waals surface area contributed by atoms with E-state index in [0.717, 1.165) is 18.4 Å². The molecular weight excluding hydrogens is 448 g/mol. The topological polar surface area (TPSA) is 124 Å². The Hall–Kier alpha value is -2.69. The predicted octanol–water partition coefficient (Wildman–Crippen LogP) is 3.19. The number of rotatable bonds is 8. The Balaban J connectivity index is 1.85. The van der Waals surface area contributed by atoms with Gasteiger partial charge in [-0.1, -0.05) is 37.2 Å². The van der Waals surface area contributed by atoms with Gasteiger partial charge < -0.3 is 5.32 Å². The van der Waals surface area contributed by atoms with Crippen LogP contribution in [0.1, 0.15) is 30.9 Å². The van der Waals surface area contributed by atoms with Crippen molar-refractivity contribution in [3.05, 3.63) is 57.9 Å². The largest absolute Gasteiger partial charge is 0.325 e. The van der Waals surface area contributed by atoms with Crippen molar-refractivity contribution >= 4 is 44.3 Å². The van der Waals surface area contributed by atoms with E-state index in [9.17, 15) is 18.0 Å². The van der Waals surface area contributed by atoms with Crippen molar-refractivity contribution in [2.75, 3.05) is 11.1 Å². The Morgan fingerprint density at radius 1 is 1.22 bits per heavy atom. The fourth-order valence-electron chi connectivity index (χ4n) is 3.21. The maximum atomic E-state index is 12.9. The third-order valence-corrected chi connectivity index (χ3v) is 7.01. The van der Waals surface area contributed by atoms with E-state index >= 15 is 0 Å². The summed E-state index contributed by atoms with van der Waals surface area (Å²) >= 11 is 1.17. The van der Waals surface area contributed by atoms with Gasteiger partial charge in [-0.25, -0.2) is 18.5 Å². The van der Waals surface area contributed by atoms with Crippen molar-refractivity contribution in [2.24, 2.45) is 5.14 Å². The van der Waals surface area contributed by atoms with E-state index in [1.807, 2.05) is 13.0 Å².